The second-order valence-corrected chi connectivity index (χ2v) is 6.64. The fraction of sp³-hybridized carbons (Fsp3) is 0.0417. The summed E-state index contributed by atoms with van der Waals surface area (Å²) in [6.07, 6.45) is 0. The van der Waals surface area contributed by atoms with Crippen LogP contribution < -0.4 is 10.5 Å². The highest BCUT2D eigenvalue weighted by Gasteiger charge is 2.15. The second-order valence-electron chi connectivity index (χ2n) is 6.64. The van der Waals surface area contributed by atoms with E-state index in [4.69, 9.17) is 15.5 Å². The lowest BCUT2D eigenvalue weighted by Gasteiger charge is -2.14. The summed E-state index contributed by atoms with van der Waals surface area (Å²) in [7, 11) is 1.69. The van der Waals surface area contributed by atoms with E-state index in [1.54, 1.807) is 7.11 Å². The van der Waals surface area contributed by atoms with Crippen LogP contribution in [-0.2, 0) is 0 Å². The predicted molar refractivity (Wildman–Crippen MR) is 113 cm³/mol. The van der Waals surface area contributed by atoms with Crippen molar-refractivity contribution in [1.29, 1.82) is 0 Å². The molecule has 0 radical (unpaired) electrons. The van der Waals surface area contributed by atoms with Crippen molar-refractivity contribution in [2.75, 3.05) is 12.8 Å². The normalized spacial score (nSPS) is 11.3. The van der Waals surface area contributed by atoms with E-state index in [0.29, 0.717) is 5.82 Å². The van der Waals surface area contributed by atoms with E-state index in [0.717, 1.165) is 49.3 Å². The monoisotopic (exact) mass is 350 g/mol. The van der Waals surface area contributed by atoms with Crippen molar-refractivity contribution < 1.29 is 4.74 Å². The van der Waals surface area contributed by atoms with Crippen LogP contribution in [0.1, 0.15) is 0 Å². The molecule has 5 rings (SSSR count). The highest BCUT2D eigenvalue weighted by molar-refractivity contribution is 6.22. The van der Waals surface area contributed by atoms with Gasteiger partial charge in [-0.2, -0.15) is 0 Å². The zero-order chi connectivity index (χ0) is 18.4. The summed E-state index contributed by atoms with van der Waals surface area (Å²) in [6, 6.07) is 26.9. The summed E-state index contributed by atoms with van der Waals surface area (Å²) < 4.78 is 5.45. The van der Waals surface area contributed by atoms with Crippen LogP contribution in [0.3, 0.4) is 0 Å². The maximum atomic E-state index is 6.32. The number of pyridine rings is 1. The molecule has 0 spiro atoms. The number of benzene rings is 4. The minimum atomic E-state index is 0.561. The van der Waals surface area contributed by atoms with Crippen LogP contribution in [0.4, 0.5) is 5.82 Å². The van der Waals surface area contributed by atoms with Crippen LogP contribution in [0, 0.1) is 0 Å². The fourth-order valence-corrected chi connectivity index (χ4v) is 3.84. The molecule has 5 aromatic rings. The summed E-state index contributed by atoms with van der Waals surface area (Å²) in [5.41, 5.74) is 9.48. The third-order valence-electron chi connectivity index (χ3n) is 5.11. The van der Waals surface area contributed by atoms with Gasteiger partial charge in [0.1, 0.15) is 11.6 Å². The van der Waals surface area contributed by atoms with Gasteiger partial charge in [0.25, 0.3) is 0 Å². The Balaban J connectivity index is 2.03. The van der Waals surface area contributed by atoms with E-state index >= 15 is 0 Å². The SMILES string of the molecule is COc1cccc(-c2cc3ccccc3c3nc(N)c4ccccc4c23)c1. The standard InChI is InChI=1S/C24H18N2O/c1-27-17-9-6-8-15(13-17)21-14-16-7-2-3-10-18(16)23-22(21)19-11-4-5-12-20(19)24(25)26-23/h2-14H,1H3,(H2,25,26). The molecule has 4 aromatic carbocycles. The fourth-order valence-electron chi connectivity index (χ4n) is 3.84. The largest absolute Gasteiger partial charge is 0.497 e. The number of ether oxygens (including phenoxy) is 1. The number of nitrogen functional groups attached to an aromatic ring is 1. The number of rotatable bonds is 2. The summed E-state index contributed by atoms with van der Waals surface area (Å²) in [5.74, 6) is 1.40. The van der Waals surface area contributed by atoms with Gasteiger partial charge >= 0.3 is 0 Å². The summed E-state index contributed by atoms with van der Waals surface area (Å²) in [4.78, 5) is 4.81. The molecule has 0 bridgehead atoms. The van der Waals surface area contributed by atoms with Gasteiger partial charge < -0.3 is 10.5 Å². The highest BCUT2D eigenvalue weighted by atomic mass is 16.5. The van der Waals surface area contributed by atoms with Gasteiger partial charge in [0.15, 0.2) is 0 Å². The number of nitrogens with two attached hydrogens (primary N) is 1. The van der Waals surface area contributed by atoms with Gasteiger partial charge in [-0.1, -0.05) is 60.7 Å². The number of hydrogen-bond donors (Lipinski definition) is 1. The first-order chi connectivity index (χ1) is 13.3. The molecule has 0 saturated carbocycles. The zero-order valence-electron chi connectivity index (χ0n) is 14.9. The number of anilines is 1. The summed E-state index contributed by atoms with van der Waals surface area (Å²) in [6.45, 7) is 0. The molecule has 0 aliphatic heterocycles. The maximum absolute atomic E-state index is 6.32. The van der Waals surface area contributed by atoms with E-state index in [9.17, 15) is 0 Å². The number of fused-ring (bicyclic) bond motifs is 5. The molecule has 130 valence electrons. The third-order valence-corrected chi connectivity index (χ3v) is 5.11. The zero-order valence-corrected chi connectivity index (χ0v) is 14.9. The van der Waals surface area contributed by atoms with Gasteiger partial charge in [0.05, 0.1) is 12.6 Å². The van der Waals surface area contributed by atoms with Crippen LogP contribution in [0.5, 0.6) is 5.75 Å². The van der Waals surface area contributed by atoms with E-state index in [-0.39, 0.29) is 0 Å². The first kappa shape index (κ1) is 15.6. The average Bonchev–Trinajstić information content (AvgIpc) is 2.73. The van der Waals surface area contributed by atoms with Crippen LogP contribution in [0.2, 0.25) is 0 Å². The number of hydrogen-bond acceptors (Lipinski definition) is 3. The molecule has 0 atom stereocenters. The van der Waals surface area contributed by atoms with Crippen LogP contribution >= 0.6 is 0 Å². The van der Waals surface area contributed by atoms with Crippen molar-refractivity contribution in [3.63, 3.8) is 0 Å². The van der Waals surface area contributed by atoms with Gasteiger partial charge in [-0.15, -0.1) is 0 Å². The molecular formula is C24H18N2O. The van der Waals surface area contributed by atoms with Crippen molar-refractivity contribution in [2.24, 2.45) is 0 Å². The molecule has 0 aliphatic rings. The van der Waals surface area contributed by atoms with Crippen molar-refractivity contribution >= 4 is 38.3 Å². The quantitative estimate of drug-likeness (QED) is 0.409. The van der Waals surface area contributed by atoms with Gasteiger partial charge in [-0.3, -0.25) is 0 Å². The Morgan fingerprint density at radius 1 is 0.778 bits per heavy atom. The van der Waals surface area contributed by atoms with E-state index in [1.807, 2.05) is 42.5 Å². The lowest BCUT2D eigenvalue weighted by Crippen LogP contribution is -1.96. The smallest absolute Gasteiger partial charge is 0.132 e. The number of methoxy groups -OCH3 is 1. The minimum absolute atomic E-state index is 0.561. The Morgan fingerprint density at radius 2 is 1.52 bits per heavy atom. The molecule has 0 unspecified atom stereocenters. The lowest BCUT2D eigenvalue weighted by atomic mass is 9.92. The molecule has 3 heteroatoms. The van der Waals surface area contributed by atoms with Gasteiger partial charge in [-0.25, -0.2) is 4.98 Å². The molecule has 3 nitrogen and oxygen atoms in total. The molecule has 1 heterocycles. The molecule has 0 saturated heterocycles. The van der Waals surface area contributed by atoms with Crippen molar-refractivity contribution in [2.45, 2.75) is 0 Å². The van der Waals surface area contributed by atoms with Crippen molar-refractivity contribution in [1.82, 2.24) is 4.98 Å². The number of aromatic nitrogens is 1. The van der Waals surface area contributed by atoms with Crippen LogP contribution in [0.25, 0.3) is 43.6 Å². The highest BCUT2D eigenvalue weighted by Crippen LogP contribution is 2.40. The Hall–Kier alpha value is -3.59. The van der Waals surface area contributed by atoms with E-state index in [1.165, 1.54) is 0 Å². The first-order valence-electron chi connectivity index (χ1n) is 8.90. The molecule has 0 fully saturated rings. The van der Waals surface area contributed by atoms with Gasteiger partial charge in [0.2, 0.25) is 0 Å². The first-order valence-corrected chi connectivity index (χ1v) is 8.90. The Kier molecular flexibility index (Phi) is 3.47. The topological polar surface area (TPSA) is 48.1 Å². The molecule has 27 heavy (non-hydrogen) atoms. The molecule has 0 amide bonds. The van der Waals surface area contributed by atoms with Crippen molar-refractivity contribution in [3.8, 4) is 16.9 Å². The summed E-state index contributed by atoms with van der Waals surface area (Å²) >= 11 is 0. The Morgan fingerprint density at radius 3 is 2.33 bits per heavy atom. The number of nitrogens with zero attached hydrogens (tertiary/aromatic N) is 1. The molecule has 1 aromatic heterocycles. The van der Waals surface area contributed by atoms with Crippen LogP contribution in [0.15, 0.2) is 78.9 Å². The molecular weight excluding hydrogens is 332 g/mol. The summed E-state index contributed by atoms with van der Waals surface area (Å²) in [5, 5.41) is 5.46. The maximum Gasteiger partial charge on any atom is 0.132 e. The molecule has 2 N–H and O–H groups in total. The van der Waals surface area contributed by atoms with E-state index < -0.39 is 0 Å². The second kappa shape index (κ2) is 5.99. The van der Waals surface area contributed by atoms with E-state index in [2.05, 4.69) is 36.4 Å². The van der Waals surface area contributed by atoms with Gasteiger partial charge in [-0.05, 0) is 40.1 Å². The molecule has 0 aliphatic carbocycles. The lowest BCUT2D eigenvalue weighted by molar-refractivity contribution is 0.415. The Bertz CT molecular complexity index is 1320. The van der Waals surface area contributed by atoms with Crippen molar-refractivity contribution in [3.05, 3.63) is 78.9 Å². The predicted octanol–water partition coefficient (Wildman–Crippen LogP) is 5.80. The Labute approximate surface area is 157 Å². The minimum Gasteiger partial charge on any atom is -0.497 e. The average molecular weight is 350 g/mol. The third kappa shape index (κ3) is 2.40. The van der Waals surface area contributed by atoms with Gasteiger partial charge in [0, 0.05) is 16.2 Å². The van der Waals surface area contributed by atoms with Crippen LogP contribution in [-0.4, -0.2) is 12.1 Å².